The number of fused-ring (bicyclic) bond motifs is 2. The molecule has 2 heterocycles. The highest BCUT2D eigenvalue weighted by Crippen LogP contribution is 2.44. The van der Waals surface area contributed by atoms with Crippen molar-refractivity contribution in [1.82, 2.24) is 13.9 Å². The number of piperidine rings is 2. The summed E-state index contributed by atoms with van der Waals surface area (Å²) in [5.41, 5.74) is 2.33. The molecule has 0 aliphatic carbocycles. The Kier molecular flexibility index (Phi) is 13.6. The highest BCUT2D eigenvalue weighted by molar-refractivity contribution is 7.89. The van der Waals surface area contributed by atoms with Crippen LogP contribution in [-0.4, -0.2) is 88.5 Å². The summed E-state index contributed by atoms with van der Waals surface area (Å²) in [6, 6.07) is 7.89. The fraction of sp³-hybridized carbons (Fsp3) is 0.600. The van der Waals surface area contributed by atoms with Crippen LogP contribution in [0.2, 0.25) is 0 Å². The minimum absolute atomic E-state index is 0.0286. The van der Waals surface area contributed by atoms with Crippen LogP contribution in [0.25, 0.3) is 21.5 Å². The number of carbonyl (C=O) groups is 2. The maximum Gasteiger partial charge on any atom is 0.408 e. The normalized spacial score (nSPS) is 22.0. The second kappa shape index (κ2) is 17.5. The highest BCUT2D eigenvalue weighted by Gasteiger charge is 2.34. The second-order valence-electron chi connectivity index (χ2n) is 17.3. The summed E-state index contributed by atoms with van der Waals surface area (Å²) < 4.78 is 69.7. The number of sulfonamides is 2. The summed E-state index contributed by atoms with van der Waals surface area (Å²) in [4.78, 5) is 43.8. The van der Waals surface area contributed by atoms with E-state index in [-0.39, 0.29) is 69.1 Å². The number of ether oxygens (including phenoxy) is 2. The van der Waals surface area contributed by atoms with Crippen LogP contribution in [0.5, 0.6) is 0 Å². The third-order valence-corrected chi connectivity index (χ3v) is 13.9. The third kappa shape index (κ3) is 10.2. The van der Waals surface area contributed by atoms with Crippen LogP contribution in [-0.2, 0) is 39.2 Å². The number of nitrogens with one attached hydrogen (secondary N) is 2. The number of amides is 1. The Labute approximate surface area is 336 Å². The Morgan fingerprint density at radius 3 is 1.63 bits per heavy atom. The van der Waals surface area contributed by atoms with Crippen LogP contribution < -0.4 is 10.8 Å². The first-order valence-corrected chi connectivity index (χ1v) is 22.4. The Morgan fingerprint density at radius 2 is 1.23 bits per heavy atom. The minimum atomic E-state index is -3.98. The number of carbonyl (C=O) groups excluding carboxylic acids is 2. The number of esters is 1. The molecule has 17 heteroatoms. The molecular formula is C40H57N5O10S2. The van der Waals surface area contributed by atoms with Gasteiger partial charge >= 0.3 is 12.1 Å². The molecule has 3 aromatic carbocycles. The Bertz CT molecular complexity index is 2070. The zero-order valence-electron chi connectivity index (χ0n) is 34.3. The fourth-order valence-corrected chi connectivity index (χ4v) is 11.3. The van der Waals surface area contributed by atoms with Gasteiger partial charge in [0, 0.05) is 47.7 Å². The molecule has 0 radical (unpaired) electrons. The van der Waals surface area contributed by atoms with Crippen molar-refractivity contribution in [3.8, 4) is 0 Å². The molecule has 2 aliphatic rings. The van der Waals surface area contributed by atoms with E-state index in [1.54, 1.807) is 46.8 Å². The van der Waals surface area contributed by atoms with E-state index in [1.165, 1.54) is 32.9 Å². The molecule has 0 bridgehead atoms. The molecule has 1 amide bonds. The number of benzene rings is 3. The van der Waals surface area contributed by atoms with Gasteiger partial charge in [-0.3, -0.25) is 10.3 Å². The van der Waals surface area contributed by atoms with Gasteiger partial charge < -0.3 is 14.8 Å². The summed E-state index contributed by atoms with van der Waals surface area (Å²) >= 11 is 0. The lowest BCUT2D eigenvalue weighted by Crippen LogP contribution is -2.47. The van der Waals surface area contributed by atoms with Crippen molar-refractivity contribution in [3.05, 3.63) is 41.3 Å². The van der Waals surface area contributed by atoms with Crippen molar-refractivity contribution in [2.24, 2.45) is 34.8 Å². The van der Waals surface area contributed by atoms with E-state index < -0.39 is 43.8 Å². The minimum Gasteiger partial charge on any atom is -0.462 e. The number of hydrogen-bond donors (Lipinski definition) is 2. The molecule has 0 saturated carbocycles. The lowest BCUT2D eigenvalue weighted by atomic mass is 9.94. The van der Waals surface area contributed by atoms with Gasteiger partial charge in [-0.05, 0) is 92.6 Å². The molecule has 2 N–H and O–H groups in total. The number of nitrogens with zero attached hydrogens (tertiary/aromatic N) is 3. The van der Waals surface area contributed by atoms with E-state index >= 15 is 0 Å². The van der Waals surface area contributed by atoms with Gasteiger partial charge in [0.2, 0.25) is 20.0 Å². The Morgan fingerprint density at radius 1 is 0.772 bits per heavy atom. The summed E-state index contributed by atoms with van der Waals surface area (Å²) in [6.07, 6.45) is 1.06. The SMILES string of the molecule is CC(C)C(NC(=O)OC(C)(C)C)C(=O)OCCONc1c2ccc(S(=O)(=O)N3C[C@H](C)C[C@H](C)C3)cc2c(N=O)c2cc(S(=O)(=O)N3C[C@H](C)C[C@H](C)C3)ccc12. The number of alkyl carbamates (subject to hydrolysis) is 1. The van der Waals surface area contributed by atoms with Gasteiger partial charge in [0.05, 0.1) is 15.5 Å². The molecule has 5 rings (SSSR count). The first-order valence-electron chi connectivity index (χ1n) is 19.5. The standard InChI is InChI=1S/C40H57N5O10S2/c1-24(2)35(41-39(47)55-40(7,8)9)38(46)53-14-15-54-43-37-31-12-10-29(56(49,50)44-20-25(3)16-26(4)21-44)18-33(31)36(42-48)34-19-30(11-13-32(34)37)57(51,52)45-22-27(5)17-28(6)23-45/h10-13,18-19,24-28,35,43H,14-17,20-23H2,1-9H3,(H,41,47)/t25-,26+,27-,28+,35?. The zero-order valence-corrected chi connectivity index (χ0v) is 36.0. The van der Waals surface area contributed by atoms with Crippen LogP contribution in [0.15, 0.2) is 51.4 Å². The molecule has 15 nitrogen and oxygen atoms in total. The summed E-state index contributed by atoms with van der Waals surface area (Å²) in [5.74, 6) is -0.341. The van der Waals surface area contributed by atoms with Crippen LogP contribution in [0, 0.1) is 34.5 Å². The first-order chi connectivity index (χ1) is 26.6. The molecule has 3 aromatic rings. The van der Waals surface area contributed by atoms with Gasteiger partial charge in [-0.2, -0.15) is 8.61 Å². The molecular weight excluding hydrogens is 775 g/mol. The molecule has 0 aromatic heterocycles. The van der Waals surface area contributed by atoms with Crippen molar-refractivity contribution in [2.45, 2.75) is 96.6 Å². The molecule has 2 aliphatic heterocycles. The molecule has 2 saturated heterocycles. The van der Waals surface area contributed by atoms with Crippen molar-refractivity contribution in [2.75, 3.05) is 44.9 Å². The predicted molar refractivity (Wildman–Crippen MR) is 219 cm³/mol. The van der Waals surface area contributed by atoms with E-state index in [2.05, 4.69) is 16.0 Å². The molecule has 314 valence electrons. The summed E-state index contributed by atoms with van der Waals surface area (Å²) in [6.45, 7) is 17.8. The van der Waals surface area contributed by atoms with E-state index in [0.29, 0.717) is 42.6 Å². The fourth-order valence-electron chi connectivity index (χ4n) is 7.93. The molecule has 57 heavy (non-hydrogen) atoms. The van der Waals surface area contributed by atoms with E-state index in [9.17, 15) is 31.3 Å². The summed E-state index contributed by atoms with van der Waals surface area (Å²) in [7, 11) is -7.95. The maximum absolute atomic E-state index is 14.0. The molecule has 5 atom stereocenters. The molecule has 0 spiro atoms. The van der Waals surface area contributed by atoms with Crippen molar-refractivity contribution in [1.29, 1.82) is 0 Å². The van der Waals surface area contributed by atoms with Gasteiger partial charge in [0.15, 0.2) is 0 Å². The van der Waals surface area contributed by atoms with Crippen LogP contribution in [0.1, 0.15) is 75.2 Å². The predicted octanol–water partition coefficient (Wildman–Crippen LogP) is 7.16. The topological polar surface area (TPSA) is 190 Å². The summed E-state index contributed by atoms with van der Waals surface area (Å²) in [5, 5.41) is 7.05. The van der Waals surface area contributed by atoms with Gasteiger partial charge in [0.1, 0.15) is 30.5 Å². The monoisotopic (exact) mass is 831 g/mol. The van der Waals surface area contributed by atoms with Crippen LogP contribution in [0.3, 0.4) is 0 Å². The average Bonchev–Trinajstić information content (AvgIpc) is 3.11. The van der Waals surface area contributed by atoms with Gasteiger partial charge in [0.25, 0.3) is 0 Å². The van der Waals surface area contributed by atoms with Gasteiger partial charge in [-0.15, -0.1) is 4.91 Å². The average molecular weight is 832 g/mol. The zero-order chi connectivity index (χ0) is 42.0. The smallest absolute Gasteiger partial charge is 0.408 e. The van der Waals surface area contributed by atoms with Crippen molar-refractivity contribution in [3.63, 3.8) is 0 Å². The van der Waals surface area contributed by atoms with E-state index in [0.717, 1.165) is 12.8 Å². The number of anilines is 1. The number of hydrogen-bond acceptors (Lipinski definition) is 12. The first kappa shape index (κ1) is 44.2. The lowest BCUT2D eigenvalue weighted by Gasteiger charge is -2.34. The van der Waals surface area contributed by atoms with E-state index in [4.69, 9.17) is 14.3 Å². The van der Waals surface area contributed by atoms with Crippen molar-refractivity contribution >= 4 is 65.0 Å². The van der Waals surface area contributed by atoms with Gasteiger partial charge in [-0.1, -0.05) is 53.7 Å². The Balaban J connectivity index is 1.49. The Hall–Kier alpha value is -3.90. The molecule has 2 fully saturated rings. The maximum atomic E-state index is 14.0. The number of nitroso groups, excluding NO2 is 1. The van der Waals surface area contributed by atoms with E-state index in [1.807, 2.05) is 27.7 Å². The quantitative estimate of drug-likeness (QED) is 0.0585. The second-order valence-corrected chi connectivity index (χ2v) is 21.1. The van der Waals surface area contributed by atoms with Crippen molar-refractivity contribution < 1.29 is 40.7 Å². The highest BCUT2D eigenvalue weighted by atomic mass is 32.2. The van der Waals surface area contributed by atoms with Crippen LogP contribution >= 0.6 is 0 Å². The number of rotatable bonds is 13. The van der Waals surface area contributed by atoms with Crippen LogP contribution in [0.4, 0.5) is 16.2 Å². The van der Waals surface area contributed by atoms with Gasteiger partial charge in [-0.25, -0.2) is 26.4 Å². The largest absolute Gasteiger partial charge is 0.462 e. The lowest BCUT2D eigenvalue weighted by molar-refractivity contribution is -0.148. The molecule has 1 unspecified atom stereocenters. The third-order valence-electron chi connectivity index (χ3n) is 10.3.